The van der Waals surface area contributed by atoms with Crippen molar-refractivity contribution in [3.05, 3.63) is 85.1 Å². The van der Waals surface area contributed by atoms with Crippen molar-refractivity contribution in [3.8, 4) is 0 Å². The van der Waals surface area contributed by atoms with Gasteiger partial charge in [-0.05, 0) is 77.0 Å². The number of unbranched alkanes of at least 4 members (excludes halogenated alkanes) is 32. The smallest absolute Gasteiger partial charge is 0.310 e. The van der Waals surface area contributed by atoms with E-state index in [2.05, 4.69) is 93.7 Å². The first-order valence-electron chi connectivity index (χ1n) is 31.1. The van der Waals surface area contributed by atoms with E-state index in [1.807, 2.05) is 6.08 Å². The molecular formula is C67H116O6. The lowest BCUT2D eigenvalue weighted by Gasteiger charge is -2.18. The fourth-order valence-electron chi connectivity index (χ4n) is 8.79. The van der Waals surface area contributed by atoms with E-state index in [0.29, 0.717) is 12.8 Å². The first-order valence-corrected chi connectivity index (χ1v) is 31.1. The molecule has 420 valence electrons. The van der Waals surface area contributed by atoms with Crippen LogP contribution in [0.15, 0.2) is 85.1 Å². The predicted molar refractivity (Wildman–Crippen MR) is 316 cm³/mol. The van der Waals surface area contributed by atoms with Gasteiger partial charge < -0.3 is 14.2 Å². The molecule has 0 aliphatic heterocycles. The Hall–Kier alpha value is -3.41. The van der Waals surface area contributed by atoms with E-state index in [0.717, 1.165) is 77.0 Å². The summed E-state index contributed by atoms with van der Waals surface area (Å²) < 4.78 is 16.7. The molecule has 0 fully saturated rings. The Morgan fingerprint density at radius 2 is 0.575 bits per heavy atom. The van der Waals surface area contributed by atoms with E-state index in [-0.39, 0.29) is 31.6 Å². The molecule has 0 saturated heterocycles. The van der Waals surface area contributed by atoms with Crippen LogP contribution in [-0.4, -0.2) is 37.2 Å². The highest BCUT2D eigenvalue weighted by atomic mass is 16.6. The van der Waals surface area contributed by atoms with E-state index < -0.39 is 12.1 Å². The van der Waals surface area contributed by atoms with Crippen LogP contribution in [-0.2, 0) is 28.6 Å². The SMILES string of the molecule is CC/C=C\C/C=C\C/C=C\C/C=C\C/C=C\CC(=O)OC(COC(=O)CCCCCCCCCCC)COC(=O)CCCCCCCCCCCCCCCCCCCCC/C=C\C/C=C\CCCCCCC. The highest BCUT2D eigenvalue weighted by molar-refractivity contribution is 5.72. The van der Waals surface area contributed by atoms with Crippen LogP contribution in [0.25, 0.3) is 0 Å². The summed E-state index contributed by atoms with van der Waals surface area (Å²) in [5, 5.41) is 0. The lowest BCUT2D eigenvalue weighted by molar-refractivity contribution is -0.166. The van der Waals surface area contributed by atoms with Crippen molar-refractivity contribution in [2.45, 2.75) is 309 Å². The van der Waals surface area contributed by atoms with Gasteiger partial charge in [-0.1, -0.05) is 292 Å². The molecule has 0 radical (unpaired) electrons. The maximum atomic E-state index is 12.8. The summed E-state index contributed by atoms with van der Waals surface area (Å²) in [5.74, 6) is -1.04. The summed E-state index contributed by atoms with van der Waals surface area (Å²) in [5.41, 5.74) is 0. The number of esters is 3. The van der Waals surface area contributed by atoms with Crippen LogP contribution in [0.3, 0.4) is 0 Å². The van der Waals surface area contributed by atoms with Crippen molar-refractivity contribution in [2.75, 3.05) is 13.2 Å². The zero-order chi connectivity index (χ0) is 52.9. The summed E-state index contributed by atoms with van der Waals surface area (Å²) >= 11 is 0. The van der Waals surface area contributed by atoms with Crippen molar-refractivity contribution in [2.24, 2.45) is 0 Å². The van der Waals surface area contributed by atoms with Crippen LogP contribution in [0.4, 0.5) is 0 Å². The van der Waals surface area contributed by atoms with Gasteiger partial charge in [0.15, 0.2) is 6.10 Å². The quantitative estimate of drug-likeness (QED) is 0.0261. The van der Waals surface area contributed by atoms with Crippen molar-refractivity contribution in [1.82, 2.24) is 0 Å². The van der Waals surface area contributed by atoms with Gasteiger partial charge >= 0.3 is 17.9 Å². The van der Waals surface area contributed by atoms with E-state index in [1.54, 1.807) is 6.08 Å². The van der Waals surface area contributed by atoms with Crippen molar-refractivity contribution in [3.63, 3.8) is 0 Å². The molecule has 0 saturated carbocycles. The van der Waals surface area contributed by atoms with E-state index in [4.69, 9.17) is 14.2 Å². The Labute approximate surface area is 452 Å². The van der Waals surface area contributed by atoms with Gasteiger partial charge in [0.05, 0.1) is 6.42 Å². The Balaban J connectivity index is 4.13. The molecule has 6 heteroatoms. The monoisotopic (exact) mass is 1020 g/mol. The lowest BCUT2D eigenvalue weighted by Crippen LogP contribution is -2.30. The Bertz CT molecular complexity index is 1400. The van der Waals surface area contributed by atoms with Crippen LogP contribution in [0, 0.1) is 0 Å². The van der Waals surface area contributed by atoms with Crippen LogP contribution < -0.4 is 0 Å². The third-order valence-corrected chi connectivity index (χ3v) is 13.4. The fraction of sp³-hybridized carbons (Fsp3) is 0.746. The minimum absolute atomic E-state index is 0.0991. The number of hydrogen-bond donors (Lipinski definition) is 0. The summed E-state index contributed by atoms with van der Waals surface area (Å²) in [6, 6.07) is 0. The summed E-state index contributed by atoms with van der Waals surface area (Å²) in [4.78, 5) is 38.0. The summed E-state index contributed by atoms with van der Waals surface area (Å²) in [6.45, 7) is 6.43. The molecular weight excluding hydrogens is 901 g/mol. The molecule has 0 rings (SSSR count). The molecule has 73 heavy (non-hydrogen) atoms. The Kier molecular flexibility index (Phi) is 58.3. The van der Waals surface area contributed by atoms with E-state index >= 15 is 0 Å². The van der Waals surface area contributed by atoms with Gasteiger partial charge in [-0.2, -0.15) is 0 Å². The summed E-state index contributed by atoms with van der Waals surface area (Å²) in [7, 11) is 0. The maximum absolute atomic E-state index is 12.8. The molecule has 6 nitrogen and oxygen atoms in total. The molecule has 0 amide bonds. The number of carbonyl (C=O) groups is 3. The van der Waals surface area contributed by atoms with Gasteiger partial charge in [-0.25, -0.2) is 0 Å². The average Bonchev–Trinajstić information content (AvgIpc) is 3.39. The highest BCUT2D eigenvalue weighted by Crippen LogP contribution is 2.17. The highest BCUT2D eigenvalue weighted by Gasteiger charge is 2.19. The number of carbonyl (C=O) groups excluding carboxylic acids is 3. The number of rotatable bonds is 56. The average molecular weight is 1020 g/mol. The minimum Gasteiger partial charge on any atom is -0.462 e. The van der Waals surface area contributed by atoms with E-state index in [1.165, 1.54) is 186 Å². The lowest BCUT2D eigenvalue weighted by atomic mass is 10.0. The Morgan fingerprint density at radius 3 is 0.904 bits per heavy atom. The van der Waals surface area contributed by atoms with Gasteiger partial charge in [0.2, 0.25) is 0 Å². The zero-order valence-corrected chi connectivity index (χ0v) is 48.1. The van der Waals surface area contributed by atoms with Crippen molar-refractivity contribution < 1.29 is 28.6 Å². The fourth-order valence-corrected chi connectivity index (χ4v) is 8.79. The second-order valence-corrected chi connectivity index (χ2v) is 20.6. The van der Waals surface area contributed by atoms with Gasteiger partial charge in [0, 0.05) is 12.8 Å². The maximum Gasteiger partial charge on any atom is 0.310 e. The molecule has 0 aliphatic rings. The van der Waals surface area contributed by atoms with Gasteiger partial charge in [-0.15, -0.1) is 0 Å². The van der Waals surface area contributed by atoms with Crippen molar-refractivity contribution in [1.29, 1.82) is 0 Å². The first kappa shape index (κ1) is 69.6. The zero-order valence-electron chi connectivity index (χ0n) is 48.1. The van der Waals surface area contributed by atoms with E-state index in [9.17, 15) is 14.4 Å². The molecule has 0 N–H and O–H groups in total. The normalized spacial score (nSPS) is 12.6. The van der Waals surface area contributed by atoms with Crippen LogP contribution in [0.2, 0.25) is 0 Å². The summed E-state index contributed by atoms with van der Waals surface area (Å²) in [6.07, 6.45) is 80.7. The molecule has 1 atom stereocenters. The second kappa shape index (κ2) is 61.1. The first-order chi connectivity index (χ1) is 36.0. The molecule has 0 aromatic rings. The molecule has 0 aromatic carbocycles. The standard InChI is InChI=1S/C67H116O6/c1-4-7-10-13-16-19-21-23-25-26-27-28-29-30-31-32-33-34-35-36-37-38-39-40-42-43-45-48-51-54-57-60-66(69)72-63-64(62-71-65(68)59-56-53-50-47-18-15-12-9-6-3)73-67(70)61-58-55-52-49-46-44-41-24-22-20-17-14-11-8-5-2/h8,11,17,20-21,23-24,26-27,41,46,49,55,58,64H,4-7,9-10,12-16,18-19,22,25,28-40,42-45,47-48,50-54,56-57,59-63H2,1-3H3/b11-8-,20-17-,23-21-,27-26-,41-24-,49-46-,58-55-. The number of hydrogen-bond acceptors (Lipinski definition) is 6. The number of allylic oxidation sites excluding steroid dienone is 13. The third kappa shape index (κ3) is 59.3. The molecule has 0 heterocycles. The van der Waals surface area contributed by atoms with Crippen LogP contribution in [0.1, 0.15) is 303 Å². The Morgan fingerprint density at radius 1 is 0.301 bits per heavy atom. The van der Waals surface area contributed by atoms with Crippen LogP contribution in [0.5, 0.6) is 0 Å². The largest absolute Gasteiger partial charge is 0.462 e. The topological polar surface area (TPSA) is 78.9 Å². The second-order valence-electron chi connectivity index (χ2n) is 20.6. The molecule has 0 aromatic heterocycles. The van der Waals surface area contributed by atoms with Crippen molar-refractivity contribution >= 4 is 17.9 Å². The molecule has 0 spiro atoms. The molecule has 0 aliphatic carbocycles. The molecule has 0 bridgehead atoms. The minimum atomic E-state index is -0.827. The molecule has 1 unspecified atom stereocenters. The number of ether oxygens (including phenoxy) is 3. The van der Waals surface area contributed by atoms with Crippen LogP contribution >= 0.6 is 0 Å². The van der Waals surface area contributed by atoms with Gasteiger partial charge in [0.1, 0.15) is 13.2 Å². The predicted octanol–water partition coefficient (Wildman–Crippen LogP) is 21.1. The van der Waals surface area contributed by atoms with Gasteiger partial charge in [0.25, 0.3) is 0 Å². The van der Waals surface area contributed by atoms with Gasteiger partial charge in [-0.3, -0.25) is 14.4 Å². The third-order valence-electron chi connectivity index (χ3n) is 13.4.